The second-order valence-corrected chi connectivity index (χ2v) is 10.2. The van der Waals surface area contributed by atoms with Gasteiger partial charge in [-0.05, 0) is 30.0 Å². The molecule has 0 radical (unpaired) electrons. The number of benzene rings is 2. The highest BCUT2D eigenvalue weighted by Crippen LogP contribution is 2.33. The third kappa shape index (κ3) is 5.29. The Kier molecular flexibility index (Phi) is 6.96. The number of alkyl halides is 3. The molecule has 1 saturated heterocycles. The minimum Gasteiger partial charge on any atom is -0.336 e. The number of fused-ring (bicyclic) bond motifs is 1. The van der Waals surface area contributed by atoms with Gasteiger partial charge in [-0.25, -0.2) is 9.50 Å². The second-order valence-electron chi connectivity index (χ2n) is 10.2. The summed E-state index contributed by atoms with van der Waals surface area (Å²) in [7, 11) is 0. The van der Waals surface area contributed by atoms with E-state index in [1.54, 1.807) is 17.0 Å². The van der Waals surface area contributed by atoms with E-state index in [0.29, 0.717) is 37.7 Å². The first kappa shape index (κ1) is 25.9. The molecule has 5 rings (SSSR count). The van der Waals surface area contributed by atoms with Gasteiger partial charge in [0, 0.05) is 38.3 Å². The van der Waals surface area contributed by atoms with Crippen molar-refractivity contribution in [1.29, 1.82) is 0 Å². The van der Waals surface area contributed by atoms with Crippen molar-refractivity contribution in [2.75, 3.05) is 26.2 Å². The van der Waals surface area contributed by atoms with Crippen LogP contribution in [-0.4, -0.2) is 56.5 Å². The van der Waals surface area contributed by atoms with E-state index in [1.165, 1.54) is 17.3 Å². The van der Waals surface area contributed by atoms with Crippen molar-refractivity contribution in [3.63, 3.8) is 0 Å². The van der Waals surface area contributed by atoms with Crippen molar-refractivity contribution in [3.8, 4) is 11.3 Å². The fourth-order valence-electron chi connectivity index (χ4n) is 4.85. The Morgan fingerprint density at radius 1 is 1.00 bits per heavy atom. The van der Waals surface area contributed by atoms with Crippen molar-refractivity contribution in [3.05, 3.63) is 88.7 Å². The number of carbonyl (C=O) groups is 1. The lowest BCUT2D eigenvalue weighted by atomic mass is 10.0. The van der Waals surface area contributed by atoms with Gasteiger partial charge < -0.3 is 4.90 Å². The Labute approximate surface area is 219 Å². The predicted molar refractivity (Wildman–Crippen MR) is 140 cm³/mol. The van der Waals surface area contributed by atoms with Crippen LogP contribution in [-0.2, 0) is 12.7 Å². The van der Waals surface area contributed by atoms with E-state index in [2.05, 4.69) is 40.1 Å². The van der Waals surface area contributed by atoms with Gasteiger partial charge in [0.1, 0.15) is 5.56 Å². The highest BCUT2D eigenvalue weighted by molar-refractivity contribution is 6.00. The molecule has 1 amide bonds. The molecular weight excluding hydrogens is 491 g/mol. The summed E-state index contributed by atoms with van der Waals surface area (Å²) in [6, 6.07) is 16.6. The third-order valence-corrected chi connectivity index (χ3v) is 7.01. The van der Waals surface area contributed by atoms with Crippen LogP contribution in [0, 0.1) is 6.92 Å². The molecule has 0 bridgehead atoms. The molecule has 0 saturated carbocycles. The van der Waals surface area contributed by atoms with Crippen LogP contribution < -0.4 is 0 Å². The standard InChI is InChI=1S/C29H30F3N5O/c1-19(2)22-7-9-23(10-8-22)25-16-26(29(30,31)32)37-27(34-25)24(17-33-37)28(38)36-13-11-35(12-14-36)18-21-6-4-5-20(3)15-21/h4-10,15-17,19H,11-14,18H2,1-3H3. The van der Waals surface area contributed by atoms with Gasteiger partial charge in [-0.3, -0.25) is 9.69 Å². The van der Waals surface area contributed by atoms with Crippen LogP contribution in [0.1, 0.15) is 52.5 Å². The first-order chi connectivity index (χ1) is 18.1. The van der Waals surface area contributed by atoms with Crippen LogP contribution >= 0.6 is 0 Å². The number of hydrogen-bond donors (Lipinski definition) is 0. The maximum absolute atomic E-state index is 14.0. The number of amides is 1. The maximum Gasteiger partial charge on any atom is 0.433 e. The molecule has 9 heteroatoms. The molecule has 1 aliphatic rings. The van der Waals surface area contributed by atoms with Gasteiger partial charge in [0.2, 0.25) is 0 Å². The Hall–Kier alpha value is -3.72. The smallest absolute Gasteiger partial charge is 0.336 e. The van der Waals surface area contributed by atoms with Gasteiger partial charge >= 0.3 is 6.18 Å². The predicted octanol–water partition coefficient (Wildman–Crippen LogP) is 5.80. The quantitative estimate of drug-likeness (QED) is 0.333. The topological polar surface area (TPSA) is 53.7 Å². The van der Waals surface area contributed by atoms with Crippen molar-refractivity contribution in [2.45, 2.75) is 39.4 Å². The van der Waals surface area contributed by atoms with Gasteiger partial charge in [0.05, 0.1) is 11.9 Å². The number of halogens is 3. The summed E-state index contributed by atoms with van der Waals surface area (Å²) in [6.45, 7) is 9.24. The van der Waals surface area contributed by atoms with Gasteiger partial charge in [0.15, 0.2) is 11.3 Å². The fourth-order valence-corrected chi connectivity index (χ4v) is 4.85. The molecule has 4 aromatic rings. The first-order valence-electron chi connectivity index (χ1n) is 12.7. The lowest BCUT2D eigenvalue weighted by Gasteiger charge is -2.34. The van der Waals surface area contributed by atoms with Crippen molar-refractivity contribution in [2.24, 2.45) is 0 Å². The summed E-state index contributed by atoms with van der Waals surface area (Å²) in [5.74, 6) is -0.0651. The minimum absolute atomic E-state index is 0.0725. The average Bonchev–Trinajstić information content (AvgIpc) is 3.31. The zero-order chi connectivity index (χ0) is 27.0. The van der Waals surface area contributed by atoms with Gasteiger partial charge in [-0.1, -0.05) is 67.9 Å². The lowest BCUT2D eigenvalue weighted by Crippen LogP contribution is -2.48. The minimum atomic E-state index is -4.67. The number of hydrogen-bond acceptors (Lipinski definition) is 4. The number of carbonyl (C=O) groups excluding carboxylic acids is 1. The molecule has 0 N–H and O–H groups in total. The zero-order valence-electron chi connectivity index (χ0n) is 21.7. The first-order valence-corrected chi connectivity index (χ1v) is 12.7. The van der Waals surface area contributed by atoms with E-state index in [0.717, 1.165) is 22.7 Å². The molecule has 0 aliphatic carbocycles. The number of nitrogens with zero attached hydrogens (tertiary/aromatic N) is 5. The molecular formula is C29H30F3N5O. The van der Waals surface area contributed by atoms with Gasteiger partial charge in [0.25, 0.3) is 5.91 Å². The van der Waals surface area contributed by atoms with E-state index >= 15 is 0 Å². The van der Waals surface area contributed by atoms with Crippen molar-refractivity contribution < 1.29 is 18.0 Å². The van der Waals surface area contributed by atoms with Crippen LogP contribution in [0.25, 0.3) is 16.9 Å². The summed E-state index contributed by atoms with van der Waals surface area (Å²) in [5, 5.41) is 3.93. The highest BCUT2D eigenvalue weighted by atomic mass is 19.4. The van der Waals surface area contributed by atoms with Crippen LogP contribution in [0.15, 0.2) is 60.8 Å². The van der Waals surface area contributed by atoms with Crippen molar-refractivity contribution >= 4 is 11.6 Å². The maximum atomic E-state index is 14.0. The monoisotopic (exact) mass is 521 g/mol. The van der Waals surface area contributed by atoms with E-state index in [9.17, 15) is 18.0 Å². The third-order valence-electron chi connectivity index (χ3n) is 7.01. The van der Waals surface area contributed by atoms with E-state index in [1.807, 2.05) is 32.0 Å². The molecule has 6 nitrogen and oxygen atoms in total. The molecule has 1 aliphatic heterocycles. The van der Waals surface area contributed by atoms with Crippen molar-refractivity contribution in [1.82, 2.24) is 24.4 Å². The molecule has 38 heavy (non-hydrogen) atoms. The van der Waals surface area contributed by atoms with Crippen LogP contribution in [0.4, 0.5) is 13.2 Å². The number of aryl methyl sites for hydroxylation is 1. The number of aromatic nitrogens is 3. The highest BCUT2D eigenvalue weighted by Gasteiger charge is 2.36. The summed E-state index contributed by atoms with van der Waals surface area (Å²) in [4.78, 5) is 21.9. The molecule has 0 spiro atoms. The van der Waals surface area contributed by atoms with E-state index < -0.39 is 11.9 Å². The van der Waals surface area contributed by atoms with Crippen LogP contribution in [0.5, 0.6) is 0 Å². The lowest BCUT2D eigenvalue weighted by molar-refractivity contribution is -0.142. The number of piperazine rings is 1. The van der Waals surface area contributed by atoms with E-state index in [-0.39, 0.29) is 22.8 Å². The Bertz CT molecular complexity index is 1450. The number of rotatable bonds is 5. The van der Waals surface area contributed by atoms with Gasteiger partial charge in [-0.2, -0.15) is 18.3 Å². The fraction of sp³-hybridized carbons (Fsp3) is 0.345. The van der Waals surface area contributed by atoms with Gasteiger partial charge in [-0.15, -0.1) is 0 Å². The average molecular weight is 522 g/mol. The summed E-state index contributed by atoms with van der Waals surface area (Å²) in [5.41, 5.74) is 3.21. The molecule has 0 unspecified atom stereocenters. The zero-order valence-corrected chi connectivity index (χ0v) is 21.7. The molecule has 1 fully saturated rings. The SMILES string of the molecule is Cc1cccc(CN2CCN(C(=O)c3cnn4c(C(F)(F)F)cc(-c5ccc(C(C)C)cc5)nc34)CC2)c1. The summed E-state index contributed by atoms with van der Waals surface area (Å²) < 4.78 is 42.7. The molecule has 198 valence electrons. The van der Waals surface area contributed by atoms with E-state index in [4.69, 9.17) is 0 Å². The van der Waals surface area contributed by atoms with Crippen LogP contribution in [0.2, 0.25) is 0 Å². The normalized spacial score (nSPS) is 15.0. The molecule has 3 heterocycles. The second kappa shape index (κ2) is 10.2. The Morgan fingerprint density at radius 2 is 1.71 bits per heavy atom. The van der Waals surface area contributed by atoms with Crippen LogP contribution in [0.3, 0.4) is 0 Å². The molecule has 0 atom stereocenters. The summed E-state index contributed by atoms with van der Waals surface area (Å²) in [6.07, 6.45) is -3.47. The molecule has 2 aromatic carbocycles. The Balaban J connectivity index is 1.41. The molecule has 2 aromatic heterocycles. The summed E-state index contributed by atoms with van der Waals surface area (Å²) >= 11 is 0. The Morgan fingerprint density at radius 3 is 2.34 bits per heavy atom. The largest absolute Gasteiger partial charge is 0.433 e.